The Morgan fingerprint density at radius 3 is 2.47 bits per heavy atom. The maximum atomic E-state index is 12.4. The molecule has 6 heteroatoms. The van der Waals surface area contributed by atoms with Crippen LogP contribution in [0.2, 0.25) is 0 Å². The van der Waals surface area contributed by atoms with Crippen molar-refractivity contribution in [3.63, 3.8) is 0 Å². The zero-order valence-electron chi connectivity index (χ0n) is 11.7. The van der Waals surface area contributed by atoms with E-state index < -0.39 is 0 Å². The Morgan fingerprint density at radius 2 is 1.89 bits per heavy atom. The molecule has 0 saturated heterocycles. The quantitative estimate of drug-likeness (QED) is 0.799. The molecule has 104 valence electrons. The van der Waals surface area contributed by atoms with E-state index in [0.29, 0.717) is 10.9 Å². The molecular weight excluding hydrogens is 260 g/mol. The van der Waals surface area contributed by atoms with Crippen molar-refractivity contribution in [2.75, 3.05) is 6.26 Å². The van der Waals surface area contributed by atoms with Crippen LogP contribution in [-0.2, 0) is 0 Å². The molecule has 0 unspecified atom stereocenters. The summed E-state index contributed by atoms with van der Waals surface area (Å²) >= 11 is 1.40. The topological polar surface area (TPSA) is 60.1 Å². The van der Waals surface area contributed by atoms with E-state index in [0.717, 1.165) is 31.4 Å². The molecule has 0 N–H and O–H groups in total. The normalized spacial score (nSPS) is 15.9. The average molecular weight is 280 g/mol. The molecule has 19 heavy (non-hydrogen) atoms. The third-order valence-corrected chi connectivity index (χ3v) is 3.86. The molecule has 1 aromatic heterocycles. The Hall–Kier alpha value is -1.17. The number of hydrogen-bond donors (Lipinski definition) is 0. The first-order valence-corrected chi connectivity index (χ1v) is 7.96. The first-order chi connectivity index (χ1) is 9.13. The summed E-state index contributed by atoms with van der Waals surface area (Å²) < 4.78 is 1.44. The maximum Gasteiger partial charge on any atom is 0.297 e. The molecule has 5 nitrogen and oxygen atoms in total. The van der Waals surface area contributed by atoms with Crippen molar-refractivity contribution in [3.8, 4) is 0 Å². The molecule has 2 rings (SSSR count). The van der Waals surface area contributed by atoms with Gasteiger partial charge < -0.3 is 0 Å². The predicted octanol–water partition coefficient (Wildman–Crippen LogP) is 2.65. The second-order valence-corrected chi connectivity index (χ2v) is 5.84. The van der Waals surface area contributed by atoms with E-state index in [1.807, 2.05) is 20.1 Å². The van der Waals surface area contributed by atoms with Gasteiger partial charge in [-0.3, -0.25) is 4.79 Å². The van der Waals surface area contributed by atoms with Crippen LogP contribution in [0.1, 0.15) is 57.6 Å². The van der Waals surface area contributed by atoms with Gasteiger partial charge in [-0.15, -0.1) is 10.2 Å². The second-order valence-electron chi connectivity index (χ2n) is 5.07. The molecule has 0 atom stereocenters. The lowest BCUT2D eigenvalue weighted by Crippen LogP contribution is -2.27. The zero-order valence-corrected chi connectivity index (χ0v) is 12.5. The van der Waals surface area contributed by atoms with Crippen LogP contribution < -0.4 is 5.56 Å². The lowest BCUT2D eigenvalue weighted by atomic mass is 9.99. The first-order valence-electron chi connectivity index (χ1n) is 6.74. The van der Waals surface area contributed by atoms with Crippen LogP contribution in [-0.4, -0.2) is 26.8 Å². The van der Waals surface area contributed by atoms with Crippen molar-refractivity contribution < 1.29 is 0 Å². The summed E-state index contributed by atoms with van der Waals surface area (Å²) in [5, 5.41) is 13.2. The Balaban J connectivity index is 2.47. The van der Waals surface area contributed by atoms with E-state index >= 15 is 0 Å². The van der Waals surface area contributed by atoms with E-state index in [1.165, 1.54) is 22.9 Å². The lowest BCUT2D eigenvalue weighted by Gasteiger charge is -2.14. The van der Waals surface area contributed by atoms with Crippen LogP contribution in [0.4, 0.5) is 0 Å². The number of aromatic nitrogens is 3. The molecule has 1 saturated carbocycles. The highest BCUT2D eigenvalue weighted by Crippen LogP contribution is 2.17. The van der Waals surface area contributed by atoms with E-state index in [2.05, 4.69) is 15.3 Å². The molecule has 1 heterocycles. The number of rotatable bonds is 3. The van der Waals surface area contributed by atoms with Gasteiger partial charge >= 0.3 is 0 Å². The van der Waals surface area contributed by atoms with Gasteiger partial charge in [-0.05, 0) is 31.9 Å². The number of nitrogens with zero attached hydrogens (tertiary/aromatic N) is 4. The molecule has 1 fully saturated rings. The van der Waals surface area contributed by atoms with Gasteiger partial charge in [0.15, 0.2) is 0 Å². The van der Waals surface area contributed by atoms with Crippen LogP contribution in [0.3, 0.4) is 0 Å². The third kappa shape index (κ3) is 3.23. The summed E-state index contributed by atoms with van der Waals surface area (Å²) in [6.07, 6.45) is 7.44. The summed E-state index contributed by atoms with van der Waals surface area (Å²) in [4.78, 5) is 12.4. The Bertz CT molecular complexity index is 528. The van der Waals surface area contributed by atoms with Crippen molar-refractivity contribution in [1.29, 1.82) is 0 Å². The first kappa shape index (κ1) is 14.2. The van der Waals surface area contributed by atoms with E-state index in [1.54, 1.807) is 0 Å². The highest BCUT2D eigenvalue weighted by Gasteiger charge is 2.15. The lowest BCUT2D eigenvalue weighted by molar-refractivity contribution is 0.589. The van der Waals surface area contributed by atoms with Gasteiger partial charge in [-0.1, -0.05) is 32.0 Å². The van der Waals surface area contributed by atoms with E-state index in [4.69, 9.17) is 0 Å². The van der Waals surface area contributed by atoms with E-state index in [9.17, 15) is 4.79 Å². The van der Waals surface area contributed by atoms with Gasteiger partial charge in [0, 0.05) is 11.6 Å². The van der Waals surface area contributed by atoms with Gasteiger partial charge in [0.25, 0.3) is 5.56 Å². The molecule has 0 bridgehead atoms. The van der Waals surface area contributed by atoms with Crippen LogP contribution in [0.25, 0.3) is 0 Å². The molecular formula is C13H20N4OS. The van der Waals surface area contributed by atoms with Crippen molar-refractivity contribution in [2.24, 2.45) is 5.10 Å². The second kappa shape index (κ2) is 6.32. The van der Waals surface area contributed by atoms with Crippen molar-refractivity contribution in [3.05, 3.63) is 16.0 Å². The summed E-state index contributed by atoms with van der Waals surface area (Å²) in [5.74, 6) is 0.0636. The molecule has 0 spiro atoms. The van der Waals surface area contributed by atoms with Crippen LogP contribution in [0.5, 0.6) is 0 Å². The zero-order chi connectivity index (χ0) is 13.8. The van der Waals surface area contributed by atoms with Gasteiger partial charge in [-0.25, -0.2) is 0 Å². The molecule has 0 aliphatic heterocycles. The third-order valence-electron chi connectivity index (χ3n) is 3.24. The smallest absolute Gasteiger partial charge is 0.265 e. The summed E-state index contributed by atoms with van der Waals surface area (Å²) in [6, 6.07) is 0. The van der Waals surface area contributed by atoms with Gasteiger partial charge in [0.05, 0.1) is 0 Å². The molecule has 0 radical (unpaired) electrons. The molecule has 1 aliphatic rings. The highest BCUT2D eigenvalue weighted by molar-refractivity contribution is 7.98. The minimum absolute atomic E-state index is 0.0636. The van der Waals surface area contributed by atoms with Gasteiger partial charge in [0.1, 0.15) is 5.69 Å². The molecule has 0 amide bonds. The van der Waals surface area contributed by atoms with E-state index in [-0.39, 0.29) is 11.5 Å². The fourth-order valence-electron chi connectivity index (χ4n) is 2.16. The maximum absolute atomic E-state index is 12.4. The molecule has 1 aliphatic carbocycles. The van der Waals surface area contributed by atoms with Gasteiger partial charge in [-0.2, -0.15) is 9.78 Å². The Labute approximate surface area is 117 Å². The van der Waals surface area contributed by atoms with Crippen molar-refractivity contribution in [1.82, 2.24) is 14.9 Å². The number of thioether (sulfide) groups is 1. The summed E-state index contributed by atoms with van der Waals surface area (Å²) in [5.41, 5.74) is 1.46. The monoisotopic (exact) mass is 280 g/mol. The Kier molecular flexibility index (Phi) is 4.74. The SMILES string of the molecule is CSc1nnc(C(C)C)c(=O)n1N=C1CCCCC1. The van der Waals surface area contributed by atoms with Crippen molar-refractivity contribution >= 4 is 17.5 Å². The van der Waals surface area contributed by atoms with Crippen molar-refractivity contribution in [2.45, 2.75) is 57.0 Å². The van der Waals surface area contributed by atoms with Crippen LogP contribution in [0.15, 0.2) is 15.1 Å². The summed E-state index contributed by atoms with van der Waals surface area (Å²) in [6.45, 7) is 3.89. The largest absolute Gasteiger partial charge is 0.297 e. The van der Waals surface area contributed by atoms with Gasteiger partial charge in [0.2, 0.25) is 5.16 Å². The summed E-state index contributed by atoms with van der Waals surface area (Å²) in [7, 11) is 0. The predicted molar refractivity (Wildman–Crippen MR) is 78.1 cm³/mol. The number of hydrogen-bond acceptors (Lipinski definition) is 5. The minimum atomic E-state index is -0.132. The Morgan fingerprint density at radius 1 is 1.21 bits per heavy atom. The minimum Gasteiger partial charge on any atom is -0.265 e. The fourth-order valence-corrected chi connectivity index (χ4v) is 2.58. The fraction of sp³-hybridized carbons (Fsp3) is 0.692. The molecule has 0 aromatic carbocycles. The highest BCUT2D eigenvalue weighted by atomic mass is 32.2. The standard InChI is InChI=1S/C13H20N4OS/c1-9(2)11-12(18)17(13(19-3)15-14-11)16-10-7-5-4-6-8-10/h9H,4-8H2,1-3H3. The van der Waals surface area contributed by atoms with Crippen LogP contribution >= 0.6 is 11.8 Å². The van der Waals surface area contributed by atoms with Crippen LogP contribution in [0, 0.1) is 0 Å². The molecule has 1 aromatic rings. The average Bonchev–Trinajstić information content (AvgIpc) is 2.41.